The van der Waals surface area contributed by atoms with Crippen molar-refractivity contribution < 1.29 is 8.81 Å². The molecule has 0 radical (unpaired) electrons. The van der Waals surface area contributed by atoms with Crippen molar-refractivity contribution in [2.45, 2.75) is 23.7 Å². The summed E-state index contributed by atoms with van der Waals surface area (Å²) in [4.78, 5) is 8.47. The number of rotatable bonds is 5. The van der Waals surface area contributed by atoms with Crippen LogP contribution in [-0.4, -0.2) is 24.7 Å². The maximum Gasteiger partial charge on any atom is 0.198 e. The summed E-state index contributed by atoms with van der Waals surface area (Å²) in [5.41, 5.74) is 1.54. The summed E-state index contributed by atoms with van der Waals surface area (Å²) >= 11 is 1.31. The molecule has 26 heavy (non-hydrogen) atoms. The standard InChI is InChI=1S/C18H14FN5OS/c1-3-7-24-16(13-6-8-25-11(13)2)22-23-18(24)26-17-14-9-12(19)4-5-15(14)20-10-21-17/h3-6,8-10H,1,7H2,2H3. The maximum atomic E-state index is 13.7. The van der Waals surface area contributed by atoms with Gasteiger partial charge in [0.2, 0.25) is 0 Å². The first-order valence-electron chi connectivity index (χ1n) is 7.84. The number of allylic oxidation sites excluding steroid dienone is 1. The van der Waals surface area contributed by atoms with Crippen LogP contribution in [0.5, 0.6) is 0 Å². The van der Waals surface area contributed by atoms with E-state index in [4.69, 9.17) is 4.42 Å². The molecule has 0 saturated heterocycles. The minimum absolute atomic E-state index is 0.337. The highest BCUT2D eigenvalue weighted by atomic mass is 32.2. The Bertz CT molecular complexity index is 1100. The Kier molecular flexibility index (Phi) is 4.26. The first-order valence-corrected chi connectivity index (χ1v) is 8.65. The zero-order valence-corrected chi connectivity index (χ0v) is 14.7. The molecule has 0 unspecified atom stereocenters. The van der Waals surface area contributed by atoms with E-state index in [-0.39, 0.29) is 5.82 Å². The number of halogens is 1. The van der Waals surface area contributed by atoms with Crippen molar-refractivity contribution in [2.24, 2.45) is 0 Å². The van der Waals surface area contributed by atoms with Gasteiger partial charge in [-0.2, -0.15) is 0 Å². The second-order valence-corrected chi connectivity index (χ2v) is 6.49. The fraction of sp³-hybridized carbons (Fsp3) is 0.111. The molecule has 4 aromatic rings. The smallest absolute Gasteiger partial charge is 0.198 e. The van der Waals surface area contributed by atoms with Crippen molar-refractivity contribution in [1.82, 2.24) is 24.7 Å². The molecule has 3 heterocycles. The van der Waals surface area contributed by atoms with Crippen molar-refractivity contribution in [3.05, 3.63) is 61.1 Å². The fourth-order valence-corrected chi connectivity index (χ4v) is 3.55. The summed E-state index contributed by atoms with van der Waals surface area (Å²) in [6.45, 7) is 6.20. The lowest BCUT2D eigenvalue weighted by Crippen LogP contribution is -2.01. The van der Waals surface area contributed by atoms with Gasteiger partial charge in [-0.15, -0.1) is 16.8 Å². The Morgan fingerprint density at radius 2 is 2.15 bits per heavy atom. The molecule has 0 amide bonds. The van der Waals surface area contributed by atoms with Gasteiger partial charge < -0.3 is 4.42 Å². The van der Waals surface area contributed by atoms with Crippen LogP contribution in [0.2, 0.25) is 0 Å². The molecule has 0 fully saturated rings. The molecule has 0 aliphatic carbocycles. The predicted molar refractivity (Wildman–Crippen MR) is 96.3 cm³/mol. The summed E-state index contributed by atoms with van der Waals surface area (Å²) in [5, 5.41) is 10.5. The van der Waals surface area contributed by atoms with Gasteiger partial charge in [0.1, 0.15) is 22.9 Å². The Hall–Kier alpha value is -3.00. The Morgan fingerprint density at radius 3 is 2.92 bits per heavy atom. The van der Waals surface area contributed by atoms with Crippen LogP contribution in [0, 0.1) is 12.7 Å². The molecule has 1 aromatic carbocycles. The quantitative estimate of drug-likeness (QED) is 0.388. The van der Waals surface area contributed by atoms with Crippen LogP contribution in [0.25, 0.3) is 22.3 Å². The Balaban J connectivity index is 1.80. The highest BCUT2D eigenvalue weighted by molar-refractivity contribution is 7.99. The topological polar surface area (TPSA) is 69.6 Å². The normalized spacial score (nSPS) is 11.2. The SMILES string of the molecule is C=CCn1c(Sc2ncnc3ccc(F)cc23)nnc1-c1ccoc1C. The zero-order chi connectivity index (χ0) is 18.1. The molecular formula is C18H14FN5OS. The molecule has 0 atom stereocenters. The lowest BCUT2D eigenvalue weighted by Gasteiger charge is -2.08. The van der Waals surface area contributed by atoms with Crippen molar-refractivity contribution in [3.63, 3.8) is 0 Å². The first-order chi connectivity index (χ1) is 12.7. The van der Waals surface area contributed by atoms with Crippen LogP contribution in [0.4, 0.5) is 4.39 Å². The molecule has 0 aliphatic heterocycles. The molecule has 0 N–H and O–H groups in total. The van der Waals surface area contributed by atoms with E-state index < -0.39 is 0 Å². The van der Waals surface area contributed by atoms with E-state index in [1.807, 2.05) is 17.6 Å². The third-order valence-corrected chi connectivity index (χ3v) is 4.88. The molecule has 4 rings (SSSR count). The van der Waals surface area contributed by atoms with Crippen molar-refractivity contribution in [2.75, 3.05) is 0 Å². The molecule has 0 aliphatic rings. The number of aryl methyl sites for hydroxylation is 1. The minimum atomic E-state index is -0.337. The maximum absolute atomic E-state index is 13.7. The number of benzene rings is 1. The van der Waals surface area contributed by atoms with Gasteiger partial charge in [-0.3, -0.25) is 4.57 Å². The molecule has 3 aromatic heterocycles. The van der Waals surface area contributed by atoms with Gasteiger partial charge in [0.15, 0.2) is 11.0 Å². The predicted octanol–water partition coefficient (Wildman–Crippen LogP) is 4.27. The molecule has 130 valence electrons. The van der Waals surface area contributed by atoms with Crippen molar-refractivity contribution >= 4 is 22.7 Å². The van der Waals surface area contributed by atoms with E-state index in [0.29, 0.717) is 33.5 Å². The fourth-order valence-electron chi connectivity index (χ4n) is 2.65. The van der Waals surface area contributed by atoms with Crippen LogP contribution in [-0.2, 0) is 6.54 Å². The number of hydrogen-bond acceptors (Lipinski definition) is 6. The van der Waals surface area contributed by atoms with Gasteiger partial charge in [0, 0.05) is 11.9 Å². The van der Waals surface area contributed by atoms with E-state index in [1.165, 1.54) is 30.2 Å². The highest BCUT2D eigenvalue weighted by Crippen LogP contribution is 2.33. The van der Waals surface area contributed by atoms with E-state index in [2.05, 4.69) is 26.7 Å². The summed E-state index contributed by atoms with van der Waals surface area (Å²) in [6, 6.07) is 6.28. The second kappa shape index (κ2) is 6.72. The minimum Gasteiger partial charge on any atom is -0.469 e. The summed E-state index contributed by atoms with van der Waals surface area (Å²) in [6.07, 6.45) is 4.84. The van der Waals surface area contributed by atoms with Gasteiger partial charge in [-0.05, 0) is 43.0 Å². The zero-order valence-electron chi connectivity index (χ0n) is 13.9. The molecule has 8 heteroatoms. The summed E-state index contributed by atoms with van der Waals surface area (Å²) in [5.74, 6) is 1.11. The first kappa shape index (κ1) is 16.5. The molecule has 0 bridgehead atoms. The lowest BCUT2D eigenvalue weighted by atomic mass is 10.2. The van der Waals surface area contributed by atoms with Gasteiger partial charge in [0.05, 0.1) is 17.3 Å². The van der Waals surface area contributed by atoms with Crippen LogP contribution in [0.15, 0.2) is 64.1 Å². The Labute approximate surface area is 152 Å². The van der Waals surface area contributed by atoms with Gasteiger partial charge >= 0.3 is 0 Å². The van der Waals surface area contributed by atoms with Crippen LogP contribution >= 0.6 is 11.8 Å². The van der Waals surface area contributed by atoms with Crippen LogP contribution < -0.4 is 0 Å². The van der Waals surface area contributed by atoms with Gasteiger partial charge in [-0.1, -0.05) is 6.08 Å². The average molecular weight is 367 g/mol. The summed E-state index contributed by atoms with van der Waals surface area (Å²) < 4.78 is 21.0. The lowest BCUT2D eigenvalue weighted by molar-refractivity contribution is 0.534. The van der Waals surface area contributed by atoms with Crippen LogP contribution in [0.3, 0.4) is 0 Å². The second-order valence-electron chi connectivity index (χ2n) is 5.54. The monoisotopic (exact) mass is 367 g/mol. The molecular weight excluding hydrogens is 353 g/mol. The van der Waals surface area contributed by atoms with Crippen LogP contribution in [0.1, 0.15) is 5.76 Å². The number of fused-ring (bicyclic) bond motifs is 1. The largest absolute Gasteiger partial charge is 0.469 e. The third kappa shape index (κ3) is 2.88. The van der Waals surface area contributed by atoms with E-state index in [0.717, 1.165) is 11.3 Å². The van der Waals surface area contributed by atoms with E-state index in [1.54, 1.807) is 18.4 Å². The number of aromatic nitrogens is 5. The van der Waals surface area contributed by atoms with E-state index in [9.17, 15) is 4.39 Å². The number of furan rings is 1. The number of nitrogens with zero attached hydrogens (tertiary/aromatic N) is 5. The molecule has 0 spiro atoms. The average Bonchev–Trinajstić information content (AvgIpc) is 3.22. The molecule has 0 saturated carbocycles. The molecule has 6 nitrogen and oxygen atoms in total. The van der Waals surface area contributed by atoms with Gasteiger partial charge in [-0.25, -0.2) is 14.4 Å². The van der Waals surface area contributed by atoms with E-state index >= 15 is 0 Å². The van der Waals surface area contributed by atoms with Gasteiger partial charge in [0.25, 0.3) is 0 Å². The summed E-state index contributed by atoms with van der Waals surface area (Å²) in [7, 11) is 0. The Morgan fingerprint density at radius 1 is 1.27 bits per heavy atom. The highest BCUT2D eigenvalue weighted by Gasteiger charge is 2.18. The van der Waals surface area contributed by atoms with Crippen molar-refractivity contribution in [1.29, 1.82) is 0 Å². The third-order valence-electron chi connectivity index (χ3n) is 3.88. The number of hydrogen-bond donors (Lipinski definition) is 0. The van der Waals surface area contributed by atoms with Crippen molar-refractivity contribution in [3.8, 4) is 11.4 Å².